The summed E-state index contributed by atoms with van der Waals surface area (Å²) in [6.45, 7) is 2.11. The summed E-state index contributed by atoms with van der Waals surface area (Å²) in [5.74, 6) is 0.956. The summed E-state index contributed by atoms with van der Waals surface area (Å²) in [7, 11) is 0. The van der Waals surface area contributed by atoms with Crippen LogP contribution in [0.25, 0.3) is 5.69 Å². The maximum atomic E-state index is 6.33. The van der Waals surface area contributed by atoms with E-state index < -0.39 is 0 Å². The zero-order valence-electron chi connectivity index (χ0n) is 11.7. The Hall–Kier alpha value is -2.20. The zero-order valence-corrected chi connectivity index (χ0v) is 12.4. The Morgan fingerprint density at radius 3 is 2.90 bits per heavy atom. The van der Waals surface area contributed by atoms with Gasteiger partial charge in [-0.25, -0.2) is 4.68 Å². The Labute approximate surface area is 128 Å². The summed E-state index contributed by atoms with van der Waals surface area (Å²) in [5, 5.41) is 8.40. The number of rotatable bonds is 5. The Kier molecular flexibility index (Phi) is 3.97. The van der Waals surface area contributed by atoms with Crippen molar-refractivity contribution in [2.75, 3.05) is 5.32 Å². The number of anilines is 1. The van der Waals surface area contributed by atoms with Gasteiger partial charge in [0.05, 0.1) is 17.0 Å². The van der Waals surface area contributed by atoms with Crippen LogP contribution >= 0.6 is 11.6 Å². The molecular formula is C16H16ClN3O. The van der Waals surface area contributed by atoms with Crippen molar-refractivity contribution in [1.29, 1.82) is 0 Å². The third-order valence-electron chi connectivity index (χ3n) is 3.21. The lowest BCUT2D eigenvalue weighted by atomic mass is 10.1. The van der Waals surface area contributed by atoms with E-state index in [1.54, 1.807) is 17.1 Å². The summed E-state index contributed by atoms with van der Waals surface area (Å²) in [4.78, 5) is 0. The maximum absolute atomic E-state index is 6.33. The molecule has 0 amide bonds. The van der Waals surface area contributed by atoms with E-state index in [0.717, 1.165) is 23.6 Å². The molecule has 1 unspecified atom stereocenters. The van der Waals surface area contributed by atoms with Crippen LogP contribution in [-0.4, -0.2) is 15.8 Å². The van der Waals surface area contributed by atoms with Crippen LogP contribution in [0.4, 0.5) is 5.69 Å². The van der Waals surface area contributed by atoms with Gasteiger partial charge in [0.1, 0.15) is 11.4 Å². The van der Waals surface area contributed by atoms with Crippen LogP contribution in [0.5, 0.6) is 0 Å². The van der Waals surface area contributed by atoms with Crippen molar-refractivity contribution in [3.63, 3.8) is 0 Å². The SMILES string of the molecule is CC(Cc1ccco1)Nc1cccc(Cl)c1-n1cccn1. The van der Waals surface area contributed by atoms with Gasteiger partial charge in [-0.1, -0.05) is 17.7 Å². The molecule has 0 aliphatic heterocycles. The third kappa shape index (κ3) is 3.11. The summed E-state index contributed by atoms with van der Waals surface area (Å²) < 4.78 is 7.15. The van der Waals surface area contributed by atoms with Gasteiger partial charge in [0.2, 0.25) is 0 Å². The van der Waals surface area contributed by atoms with E-state index in [1.807, 2.05) is 42.6 Å². The Morgan fingerprint density at radius 2 is 2.19 bits per heavy atom. The number of nitrogens with one attached hydrogen (secondary N) is 1. The molecule has 3 rings (SSSR count). The minimum atomic E-state index is 0.212. The first kappa shape index (κ1) is 13.8. The molecule has 1 atom stereocenters. The Bertz CT molecular complexity index is 692. The number of furan rings is 1. The Balaban J connectivity index is 1.84. The predicted molar refractivity (Wildman–Crippen MR) is 84.1 cm³/mol. The summed E-state index contributed by atoms with van der Waals surface area (Å²) >= 11 is 6.33. The molecule has 1 N–H and O–H groups in total. The first-order valence-corrected chi connectivity index (χ1v) is 7.19. The molecule has 1 aromatic carbocycles. The molecule has 0 aliphatic rings. The van der Waals surface area contributed by atoms with Crippen molar-refractivity contribution < 1.29 is 4.42 Å². The maximum Gasteiger partial charge on any atom is 0.106 e. The highest BCUT2D eigenvalue weighted by Gasteiger charge is 2.12. The number of nitrogens with zero attached hydrogens (tertiary/aromatic N) is 2. The molecule has 5 heteroatoms. The van der Waals surface area contributed by atoms with Gasteiger partial charge >= 0.3 is 0 Å². The summed E-state index contributed by atoms with van der Waals surface area (Å²) in [6.07, 6.45) is 6.11. The number of halogens is 1. The van der Waals surface area contributed by atoms with Gasteiger partial charge in [-0.05, 0) is 37.3 Å². The second-order valence-corrected chi connectivity index (χ2v) is 5.32. The molecule has 0 saturated carbocycles. The molecule has 4 nitrogen and oxygen atoms in total. The standard InChI is InChI=1S/C16H16ClN3O/c1-12(11-13-5-3-10-21-13)19-15-7-2-6-14(17)16(15)20-9-4-8-18-20/h2-10,12,19H,11H2,1H3. The topological polar surface area (TPSA) is 43.0 Å². The van der Waals surface area contributed by atoms with Crippen LogP contribution in [0, 0.1) is 0 Å². The number of para-hydroxylation sites is 1. The average Bonchev–Trinajstić information content (AvgIpc) is 3.11. The van der Waals surface area contributed by atoms with E-state index in [2.05, 4.69) is 17.3 Å². The van der Waals surface area contributed by atoms with E-state index >= 15 is 0 Å². The molecular weight excluding hydrogens is 286 g/mol. The van der Waals surface area contributed by atoms with E-state index in [9.17, 15) is 0 Å². The molecule has 108 valence electrons. The quantitative estimate of drug-likeness (QED) is 0.769. The molecule has 0 fully saturated rings. The van der Waals surface area contributed by atoms with Gasteiger partial charge in [-0.2, -0.15) is 5.10 Å². The summed E-state index contributed by atoms with van der Waals surface area (Å²) in [5.41, 5.74) is 1.81. The lowest BCUT2D eigenvalue weighted by Gasteiger charge is -2.18. The number of hydrogen-bond acceptors (Lipinski definition) is 3. The highest BCUT2D eigenvalue weighted by atomic mass is 35.5. The van der Waals surface area contributed by atoms with E-state index in [4.69, 9.17) is 16.0 Å². The second kappa shape index (κ2) is 6.06. The number of hydrogen-bond donors (Lipinski definition) is 1. The first-order chi connectivity index (χ1) is 10.2. The van der Waals surface area contributed by atoms with Crippen molar-refractivity contribution in [3.05, 3.63) is 65.8 Å². The number of aromatic nitrogens is 2. The fraction of sp³-hybridized carbons (Fsp3) is 0.188. The smallest absolute Gasteiger partial charge is 0.106 e. The predicted octanol–water partition coefficient (Wildman–Crippen LogP) is 4.16. The number of benzene rings is 1. The second-order valence-electron chi connectivity index (χ2n) is 4.92. The van der Waals surface area contributed by atoms with Crippen LogP contribution in [0.2, 0.25) is 5.02 Å². The highest BCUT2D eigenvalue weighted by Crippen LogP contribution is 2.28. The van der Waals surface area contributed by atoms with Crippen molar-refractivity contribution in [3.8, 4) is 5.69 Å². The molecule has 0 bridgehead atoms. The van der Waals surface area contributed by atoms with Crippen molar-refractivity contribution >= 4 is 17.3 Å². The first-order valence-electron chi connectivity index (χ1n) is 6.81. The van der Waals surface area contributed by atoms with E-state index in [0.29, 0.717) is 5.02 Å². The van der Waals surface area contributed by atoms with E-state index in [-0.39, 0.29) is 6.04 Å². The van der Waals surface area contributed by atoms with Crippen LogP contribution < -0.4 is 5.32 Å². The van der Waals surface area contributed by atoms with Crippen LogP contribution in [0.1, 0.15) is 12.7 Å². The zero-order chi connectivity index (χ0) is 14.7. The van der Waals surface area contributed by atoms with E-state index in [1.165, 1.54) is 0 Å². The minimum absolute atomic E-state index is 0.212. The van der Waals surface area contributed by atoms with Crippen LogP contribution in [-0.2, 0) is 6.42 Å². The third-order valence-corrected chi connectivity index (χ3v) is 3.51. The normalized spacial score (nSPS) is 12.3. The van der Waals surface area contributed by atoms with Gasteiger partial charge in [-0.3, -0.25) is 0 Å². The monoisotopic (exact) mass is 301 g/mol. The molecule has 0 aliphatic carbocycles. The minimum Gasteiger partial charge on any atom is -0.469 e. The lowest BCUT2D eigenvalue weighted by Crippen LogP contribution is -2.19. The summed E-state index contributed by atoms with van der Waals surface area (Å²) in [6, 6.07) is 11.8. The molecule has 2 aromatic heterocycles. The average molecular weight is 302 g/mol. The fourth-order valence-electron chi connectivity index (χ4n) is 2.31. The molecule has 2 heterocycles. The van der Waals surface area contributed by atoms with Crippen LogP contribution in [0.15, 0.2) is 59.5 Å². The van der Waals surface area contributed by atoms with Gasteiger partial charge in [0, 0.05) is 24.9 Å². The van der Waals surface area contributed by atoms with Crippen molar-refractivity contribution in [2.45, 2.75) is 19.4 Å². The van der Waals surface area contributed by atoms with Gasteiger partial charge in [0.25, 0.3) is 0 Å². The lowest BCUT2D eigenvalue weighted by molar-refractivity contribution is 0.497. The largest absolute Gasteiger partial charge is 0.469 e. The van der Waals surface area contributed by atoms with Crippen molar-refractivity contribution in [2.24, 2.45) is 0 Å². The fourth-order valence-corrected chi connectivity index (χ4v) is 2.57. The molecule has 0 radical (unpaired) electrons. The highest BCUT2D eigenvalue weighted by molar-refractivity contribution is 6.33. The molecule has 3 aromatic rings. The molecule has 0 spiro atoms. The molecule has 0 saturated heterocycles. The van der Waals surface area contributed by atoms with Gasteiger partial charge in [0.15, 0.2) is 0 Å². The molecule has 21 heavy (non-hydrogen) atoms. The van der Waals surface area contributed by atoms with Crippen LogP contribution in [0.3, 0.4) is 0 Å². The Morgan fingerprint density at radius 1 is 1.29 bits per heavy atom. The van der Waals surface area contributed by atoms with Crippen molar-refractivity contribution in [1.82, 2.24) is 9.78 Å². The van der Waals surface area contributed by atoms with Gasteiger partial charge in [-0.15, -0.1) is 0 Å². The van der Waals surface area contributed by atoms with Gasteiger partial charge < -0.3 is 9.73 Å².